The van der Waals surface area contributed by atoms with Gasteiger partial charge in [0.1, 0.15) is 12.3 Å². The molecule has 5 heteroatoms. The summed E-state index contributed by atoms with van der Waals surface area (Å²) in [6.45, 7) is 1.61. The monoisotopic (exact) mass is 327 g/mol. The lowest BCUT2D eigenvalue weighted by molar-refractivity contribution is -0.145. The van der Waals surface area contributed by atoms with Crippen molar-refractivity contribution in [2.45, 2.75) is 31.7 Å². The van der Waals surface area contributed by atoms with Gasteiger partial charge in [-0.15, -0.1) is 0 Å². The van der Waals surface area contributed by atoms with E-state index < -0.39 is 5.97 Å². The van der Waals surface area contributed by atoms with Gasteiger partial charge >= 0.3 is 5.97 Å². The lowest BCUT2D eigenvalue weighted by atomic mass is 9.96. The maximum absolute atomic E-state index is 12.7. The molecule has 0 aromatic heterocycles. The van der Waals surface area contributed by atoms with Crippen LogP contribution in [-0.4, -0.2) is 41.6 Å². The summed E-state index contributed by atoms with van der Waals surface area (Å²) < 4.78 is 5.22. The largest absolute Gasteiger partial charge is 0.497 e. The van der Waals surface area contributed by atoms with E-state index in [9.17, 15) is 9.59 Å². The van der Waals surface area contributed by atoms with Gasteiger partial charge < -0.3 is 14.7 Å². The van der Waals surface area contributed by atoms with Gasteiger partial charge in [-0.05, 0) is 48.2 Å². The molecule has 2 aromatic rings. The Morgan fingerprint density at radius 2 is 1.88 bits per heavy atom. The van der Waals surface area contributed by atoms with Crippen LogP contribution >= 0.6 is 0 Å². The Balaban J connectivity index is 1.85. The first-order valence-electron chi connectivity index (χ1n) is 8.09. The van der Waals surface area contributed by atoms with Crippen LogP contribution in [0.3, 0.4) is 0 Å². The SMILES string of the molecule is COc1ccc2cc([C@H](C)C(=O)N(CC(=O)O)C3CC3)ccc2c1. The molecule has 1 N–H and O–H groups in total. The molecule has 1 atom stereocenters. The number of carboxylic acids is 1. The summed E-state index contributed by atoms with van der Waals surface area (Å²) in [4.78, 5) is 25.3. The summed E-state index contributed by atoms with van der Waals surface area (Å²) in [7, 11) is 1.63. The van der Waals surface area contributed by atoms with Crippen LogP contribution in [0, 0.1) is 0 Å². The molecule has 1 fully saturated rings. The normalized spacial score (nSPS) is 15.1. The van der Waals surface area contributed by atoms with Crippen LogP contribution in [0.5, 0.6) is 5.75 Å². The van der Waals surface area contributed by atoms with Crippen molar-refractivity contribution in [3.8, 4) is 5.75 Å². The van der Waals surface area contributed by atoms with Gasteiger partial charge in [0.2, 0.25) is 5.91 Å². The number of rotatable bonds is 6. The van der Waals surface area contributed by atoms with E-state index in [0.29, 0.717) is 0 Å². The maximum Gasteiger partial charge on any atom is 0.323 e. The topological polar surface area (TPSA) is 66.8 Å². The number of nitrogens with zero attached hydrogens (tertiary/aromatic N) is 1. The van der Waals surface area contributed by atoms with Gasteiger partial charge in [0.25, 0.3) is 0 Å². The van der Waals surface area contributed by atoms with Crippen molar-refractivity contribution in [1.29, 1.82) is 0 Å². The minimum atomic E-state index is -0.965. The van der Waals surface area contributed by atoms with Crippen molar-refractivity contribution in [2.75, 3.05) is 13.7 Å². The number of carboxylic acid groups (broad SMARTS) is 1. The Morgan fingerprint density at radius 1 is 1.21 bits per heavy atom. The number of fused-ring (bicyclic) bond motifs is 1. The number of ether oxygens (including phenoxy) is 1. The average Bonchev–Trinajstić information content (AvgIpc) is 3.42. The first-order valence-corrected chi connectivity index (χ1v) is 8.09. The van der Waals surface area contributed by atoms with Crippen molar-refractivity contribution in [2.24, 2.45) is 0 Å². The average molecular weight is 327 g/mol. The van der Waals surface area contributed by atoms with E-state index in [2.05, 4.69) is 0 Å². The second kappa shape index (κ2) is 6.51. The third-order valence-corrected chi connectivity index (χ3v) is 4.52. The zero-order valence-corrected chi connectivity index (χ0v) is 13.9. The van der Waals surface area contributed by atoms with Gasteiger partial charge in [-0.2, -0.15) is 0 Å². The highest BCUT2D eigenvalue weighted by Crippen LogP contribution is 2.31. The van der Waals surface area contributed by atoms with Gasteiger partial charge in [0.05, 0.1) is 13.0 Å². The number of aliphatic carboxylic acids is 1. The lowest BCUT2D eigenvalue weighted by Gasteiger charge is -2.24. The second-order valence-electron chi connectivity index (χ2n) is 6.29. The van der Waals surface area contributed by atoms with E-state index in [4.69, 9.17) is 9.84 Å². The molecular formula is C19H21NO4. The van der Waals surface area contributed by atoms with Crippen LogP contribution in [0.25, 0.3) is 10.8 Å². The summed E-state index contributed by atoms with van der Waals surface area (Å²) in [5, 5.41) is 11.1. The number of benzene rings is 2. The predicted octanol–water partition coefficient (Wildman–Crippen LogP) is 3.03. The molecule has 0 unspecified atom stereocenters. The molecule has 0 radical (unpaired) electrons. The molecule has 0 heterocycles. The molecule has 5 nitrogen and oxygen atoms in total. The molecule has 1 amide bonds. The number of hydrogen-bond donors (Lipinski definition) is 1. The fraction of sp³-hybridized carbons (Fsp3) is 0.368. The van der Waals surface area contributed by atoms with Crippen molar-refractivity contribution < 1.29 is 19.4 Å². The third-order valence-electron chi connectivity index (χ3n) is 4.52. The molecule has 2 aromatic carbocycles. The zero-order chi connectivity index (χ0) is 17.3. The van der Waals surface area contributed by atoms with Crippen molar-refractivity contribution in [3.05, 3.63) is 42.0 Å². The van der Waals surface area contributed by atoms with Crippen LogP contribution in [-0.2, 0) is 9.59 Å². The van der Waals surface area contributed by atoms with E-state index >= 15 is 0 Å². The van der Waals surface area contributed by atoms with Gasteiger partial charge in [-0.3, -0.25) is 9.59 Å². The van der Waals surface area contributed by atoms with Crippen LogP contribution in [0.15, 0.2) is 36.4 Å². The summed E-state index contributed by atoms with van der Waals surface area (Å²) in [5.74, 6) is -0.655. The van der Waals surface area contributed by atoms with E-state index in [-0.39, 0.29) is 24.4 Å². The van der Waals surface area contributed by atoms with Crippen LogP contribution in [0.1, 0.15) is 31.2 Å². The van der Waals surface area contributed by atoms with Gasteiger partial charge in [-0.1, -0.05) is 24.3 Å². The summed E-state index contributed by atoms with van der Waals surface area (Å²) in [6, 6.07) is 11.8. The highest BCUT2D eigenvalue weighted by atomic mass is 16.5. The van der Waals surface area contributed by atoms with Crippen LogP contribution in [0.4, 0.5) is 0 Å². The number of hydrogen-bond acceptors (Lipinski definition) is 3. The molecular weight excluding hydrogens is 306 g/mol. The fourth-order valence-corrected chi connectivity index (χ4v) is 2.95. The van der Waals surface area contributed by atoms with Crippen molar-refractivity contribution >= 4 is 22.6 Å². The van der Waals surface area contributed by atoms with Gasteiger partial charge in [0.15, 0.2) is 0 Å². The molecule has 0 aliphatic heterocycles. The molecule has 0 bridgehead atoms. The second-order valence-corrected chi connectivity index (χ2v) is 6.29. The molecule has 1 aliphatic rings. The van der Waals surface area contributed by atoms with Crippen LogP contribution < -0.4 is 4.74 Å². The minimum absolute atomic E-state index is 0.0840. The number of carbonyl (C=O) groups excluding carboxylic acids is 1. The summed E-state index contributed by atoms with van der Waals surface area (Å²) >= 11 is 0. The molecule has 1 aliphatic carbocycles. The minimum Gasteiger partial charge on any atom is -0.497 e. The summed E-state index contributed by atoms with van der Waals surface area (Å²) in [6.07, 6.45) is 1.78. The molecule has 126 valence electrons. The zero-order valence-electron chi connectivity index (χ0n) is 13.9. The molecule has 24 heavy (non-hydrogen) atoms. The van der Waals surface area contributed by atoms with E-state index in [1.54, 1.807) is 7.11 Å². The van der Waals surface area contributed by atoms with E-state index in [1.165, 1.54) is 4.90 Å². The third kappa shape index (κ3) is 3.35. The quantitative estimate of drug-likeness (QED) is 0.885. The Hall–Kier alpha value is -2.56. The van der Waals surface area contributed by atoms with E-state index in [0.717, 1.165) is 34.9 Å². The van der Waals surface area contributed by atoms with Crippen LogP contribution in [0.2, 0.25) is 0 Å². The van der Waals surface area contributed by atoms with Crippen molar-refractivity contribution in [3.63, 3.8) is 0 Å². The number of methoxy groups -OCH3 is 1. The first-order chi connectivity index (χ1) is 11.5. The molecule has 0 saturated heterocycles. The van der Waals surface area contributed by atoms with Gasteiger partial charge in [-0.25, -0.2) is 0 Å². The highest BCUT2D eigenvalue weighted by molar-refractivity contribution is 5.90. The fourth-order valence-electron chi connectivity index (χ4n) is 2.95. The lowest BCUT2D eigenvalue weighted by Crippen LogP contribution is -2.39. The van der Waals surface area contributed by atoms with E-state index in [1.807, 2.05) is 43.3 Å². The van der Waals surface area contributed by atoms with Gasteiger partial charge in [0, 0.05) is 6.04 Å². The summed E-state index contributed by atoms with van der Waals surface area (Å²) in [5.41, 5.74) is 0.897. The molecule has 1 saturated carbocycles. The predicted molar refractivity (Wildman–Crippen MR) is 91.3 cm³/mol. The Labute approximate surface area is 140 Å². The Kier molecular flexibility index (Phi) is 4.42. The molecule has 3 rings (SSSR count). The first kappa shape index (κ1) is 16.3. The smallest absolute Gasteiger partial charge is 0.323 e. The maximum atomic E-state index is 12.7. The number of amides is 1. The Bertz CT molecular complexity index is 782. The van der Waals surface area contributed by atoms with Crippen molar-refractivity contribution in [1.82, 2.24) is 4.90 Å². The standard InChI is InChI=1S/C19H21NO4/c1-12(19(23)20(11-18(21)22)16-6-7-16)13-3-4-15-10-17(24-2)8-5-14(15)9-13/h3-5,8-10,12,16H,6-7,11H2,1-2H3,(H,21,22)/t12-/m0/s1. The highest BCUT2D eigenvalue weighted by Gasteiger charge is 2.36. The molecule has 0 spiro atoms. The Morgan fingerprint density at radius 3 is 2.50 bits per heavy atom. The number of carbonyl (C=O) groups is 2.